The minimum Gasteiger partial charge on any atom is -0.492 e. The maximum absolute atomic E-state index is 12.9. The van der Waals surface area contributed by atoms with Crippen LogP contribution in [0.15, 0.2) is 17.0 Å². The molecule has 1 aromatic carbocycles. The highest BCUT2D eigenvalue weighted by molar-refractivity contribution is 7.89. The Labute approximate surface area is 145 Å². The zero-order chi connectivity index (χ0) is 16.9. The fraction of sp³-hybridized carbons (Fsp3) is 0.467. The molecular formula is C15H17ClN4O3S. The first-order valence-corrected chi connectivity index (χ1v) is 9.69. The third-order valence-corrected chi connectivity index (χ3v) is 5.98. The van der Waals surface area contributed by atoms with Crippen molar-refractivity contribution in [1.29, 1.82) is 0 Å². The van der Waals surface area contributed by atoms with Crippen molar-refractivity contribution in [3.8, 4) is 5.75 Å². The first-order valence-electron chi connectivity index (χ1n) is 7.83. The summed E-state index contributed by atoms with van der Waals surface area (Å²) >= 11 is 6.09. The molecule has 1 aromatic heterocycles. The zero-order valence-corrected chi connectivity index (χ0v) is 14.7. The molecule has 7 nitrogen and oxygen atoms in total. The lowest BCUT2D eigenvalue weighted by atomic mass is 10.1. The topological polar surface area (TPSA) is 86.1 Å². The van der Waals surface area contributed by atoms with Gasteiger partial charge in [-0.3, -0.25) is 0 Å². The summed E-state index contributed by atoms with van der Waals surface area (Å²) in [5, 5.41) is 4.69. The van der Waals surface area contributed by atoms with Crippen LogP contribution in [-0.4, -0.2) is 29.8 Å². The Balaban J connectivity index is 1.71. The molecule has 0 aliphatic carbocycles. The molecule has 0 amide bonds. The van der Waals surface area contributed by atoms with Gasteiger partial charge in [0.15, 0.2) is 0 Å². The fourth-order valence-corrected chi connectivity index (χ4v) is 5.01. The minimum atomic E-state index is -3.78. The van der Waals surface area contributed by atoms with Gasteiger partial charge in [0.2, 0.25) is 10.0 Å². The highest BCUT2D eigenvalue weighted by atomic mass is 35.5. The molecule has 2 aliphatic rings. The van der Waals surface area contributed by atoms with E-state index in [0.29, 0.717) is 41.9 Å². The number of hydrogen-bond donors (Lipinski definition) is 1. The molecule has 128 valence electrons. The standard InChI is InChI=1S/C15H17ClN4O3S/c1-9-17-15-12(3-2-5-20(15)18-9)19-24(21,22)13-8-11(16)7-10-4-6-23-14(10)13/h7-8,12,19H,2-6H2,1H3. The molecule has 0 bridgehead atoms. The molecule has 24 heavy (non-hydrogen) atoms. The second-order valence-corrected chi connectivity index (χ2v) is 8.17. The third-order valence-electron chi connectivity index (χ3n) is 4.28. The maximum Gasteiger partial charge on any atom is 0.244 e. The van der Waals surface area contributed by atoms with Crippen LogP contribution in [0.1, 0.15) is 36.1 Å². The van der Waals surface area contributed by atoms with Crippen molar-refractivity contribution < 1.29 is 13.2 Å². The lowest BCUT2D eigenvalue weighted by Gasteiger charge is -2.23. The second kappa shape index (κ2) is 5.72. The Bertz CT molecular complexity index is 910. The smallest absolute Gasteiger partial charge is 0.244 e. The molecule has 0 saturated heterocycles. The van der Waals surface area contributed by atoms with Crippen molar-refractivity contribution in [1.82, 2.24) is 19.5 Å². The van der Waals surface area contributed by atoms with Gasteiger partial charge in [-0.15, -0.1) is 0 Å². The lowest BCUT2D eigenvalue weighted by Crippen LogP contribution is -2.33. The van der Waals surface area contributed by atoms with Gasteiger partial charge in [-0.25, -0.2) is 22.8 Å². The number of benzene rings is 1. The van der Waals surface area contributed by atoms with Gasteiger partial charge in [-0.2, -0.15) is 5.10 Å². The SMILES string of the molecule is Cc1nc2n(n1)CCCC2NS(=O)(=O)c1cc(Cl)cc2c1OCC2. The predicted molar refractivity (Wildman–Crippen MR) is 87.7 cm³/mol. The summed E-state index contributed by atoms with van der Waals surface area (Å²) in [6.45, 7) is 3.02. The summed E-state index contributed by atoms with van der Waals surface area (Å²) in [4.78, 5) is 4.46. The van der Waals surface area contributed by atoms with E-state index < -0.39 is 16.1 Å². The number of nitrogens with zero attached hydrogens (tertiary/aromatic N) is 3. The molecule has 1 atom stereocenters. The summed E-state index contributed by atoms with van der Waals surface area (Å²) in [7, 11) is -3.78. The number of halogens is 1. The van der Waals surface area contributed by atoms with Crippen LogP contribution in [-0.2, 0) is 23.0 Å². The largest absolute Gasteiger partial charge is 0.492 e. The molecule has 0 saturated carbocycles. The molecule has 3 heterocycles. The number of sulfonamides is 1. The van der Waals surface area contributed by atoms with E-state index in [2.05, 4.69) is 14.8 Å². The molecule has 1 N–H and O–H groups in total. The van der Waals surface area contributed by atoms with Crippen LogP contribution in [0.5, 0.6) is 5.75 Å². The number of hydrogen-bond acceptors (Lipinski definition) is 5. The van der Waals surface area contributed by atoms with E-state index in [1.165, 1.54) is 6.07 Å². The van der Waals surface area contributed by atoms with Crippen LogP contribution in [0.4, 0.5) is 0 Å². The van der Waals surface area contributed by atoms with E-state index >= 15 is 0 Å². The number of ether oxygens (including phenoxy) is 1. The molecule has 2 aromatic rings. The number of aryl methyl sites for hydroxylation is 2. The van der Waals surface area contributed by atoms with Gasteiger partial charge in [0.05, 0.1) is 12.6 Å². The molecular weight excluding hydrogens is 352 g/mol. The van der Waals surface area contributed by atoms with Crippen LogP contribution in [0.3, 0.4) is 0 Å². The summed E-state index contributed by atoms with van der Waals surface area (Å²) in [6.07, 6.45) is 2.18. The van der Waals surface area contributed by atoms with Crippen LogP contribution in [0.25, 0.3) is 0 Å². The number of nitrogens with one attached hydrogen (secondary N) is 1. The molecule has 9 heteroatoms. The predicted octanol–water partition coefficient (Wildman–Crippen LogP) is 1.99. The molecule has 0 fully saturated rings. The van der Waals surface area contributed by atoms with Crippen molar-refractivity contribution in [2.75, 3.05) is 6.61 Å². The molecule has 0 radical (unpaired) electrons. The van der Waals surface area contributed by atoms with Crippen LogP contribution < -0.4 is 9.46 Å². The van der Waals surface area contributed by atoms with E-state index in [9.17, 15) is 8.42 Å². The van der Waals surface area contributed by atoms with Gasteiger partial charge in [-0.05, 0) is 31.9 Å². The van der Waals surface area contributed by atoms with E-state index in [1.807, 2.05) is 0 Å². The summed E-state index contributed by atoms with van der Waals surface area (Å²) in [6, 6.07) is 2.79. The van der Waals surface area contributed by atoms with Gasteiger partial charge in [0, 0.05) is 23.6 Å². The van der Waals surface area contributed by atoms with Crippen molar-refractivity contribution in [3.05, 3.63) is 34.4 Å². The summed E-state index contributed by atoms with van der Waals surface area (Å²) in [5.74, 6) is 1.70. The number of fused-ring (bicyclic) bond motifs is 2. The van der Waals surface area contributed by atoms with Crippen LogP contribution in [0, 0.1) is 6.92 Å². The van der Waals surface area contributed by atoms with E-state index in [0.717, 1.165) is 18.5 Å². The molecule has 1 unspecified atom stereocenters. The van der Waals surface area contributed by atoms with Crippen LogP contribution >= 0.6 is 11.6 Å². The van der Waals surface area contributed by atoms with E-state index in [4.69, 9.17) is 16.3 Å². The molecule has 2 aliphatic heterocycles. The van der Waals surface area contributed by atoms with Gasteiger partial charge >= 0.3 is 0 Å². The second-order valence-electron chi connectivity index (χ2n) is 6.05. The number of aromatic nitrogens is 3. The van der Waals surface area contributed by atoms with Gasteiger partial charge in [0.1, 0.15) is 22.3 Å². The molecule has 0 spiro atoms. The Morgan fingerprint density at radius 1 is 1.42 bits per heavy atom. The zero-order valence-electron chi connectivity index (χ0n) is 13.1. The van der Waals surface area contributed by atoms with Crippen molar-refractivity contribution in [3.63, 3.8) is 0 Å². The first-order chi connectivity index (χ1) is 11.4. The fourth-order valence-electron chi connectivity index (χ4n) is 3.27. The first kappa shape index (κ1) is 15.9. The third kappa shape index (κ3) is 2.68. The Kier molecular flexibility index (Phi) is 3.78. The quantitative estimate of drug-likeness (QED) is 0.895. The monoisotopic (exact) mass is 368 g/mol. The number of rotatable bonds is 3. The van der Waals surface area contributed by atoms with Crippen molar-refractivity contribution in [2.24, 2.45) is 0 Å². The summed E-state index contributed by atoms with van der Waals surface area (Å²) < 4.78 is 35.9. The normalized spacial score (nSPS) is 19.7. The summed E-state index contributed by atoms with van der Waals surface area (Å²) in [5.41, 5.74) is 0.825. The van der Waals surface area contributed by atoms with Crippen LogP contribution in [0.2, 0.25) is 5.02 Å². The Hall–Kier alpha value is -1.64. The maximum atomic E-state index is 12.9. The van der Waals surface area contributed by atoms with E-state index in [-0.39, 0.29) is 4.90 Å². The van der Waals surface area contributed by atoms with Gasteiger partial charge in [-0.1, -0.05) is 11.6 Å². The van der Waals surface area contributed by atoms with E-state index in [1.54, 1.807) is 17.7 Å². The Morgan fingerprint density at radius 2 is 2.25 bits per heavy atom. The van der Waals surface area contributed by atoms with Crippen molar-refractivity contribution in [2.45, 2.75) is 43.7 Å². The Morgan fingerprint density at radius 3 is 3.08 bits per heavy atom. The highest BCUT2D eigenvalue weighted by Crippen LogP contribution is 2.36. The van der Waals surface area contributed by atoms with Gasteiger partial charge in [0.25, 0.3) is 0 Å². The highest BCUT2D eigenvalue weighted by Gasteiger charge is 2.32. The minimum absolute atomic E-state index is 0.0934. The molecule has 4 rings (SSSR count). The van der Waals surface area contributed by atoms with Crippen molar-refractivity contribution >= 4 is 21.6 Å². The lowest BCUT2D eigenvalue weighted by molar-refractivity contribution is 0.347. The average Bonchev–Trinajstić information content (AvgIpc) is 3.11. The van der Waals surface area contributed by atoms with Gasteiger partial charge < -0.3 is 4.74 Å². The average molecular weight is 369 g/mol.